The molecule has 1 heterocycles. The van der Waals surface area contributed by atoms with Crippen LogP contribution in [-0.2, 0) is 0 Å². The molecule has 5 heteroatoms. The second-order valence-electron chi connectivity index (χ2n) is 2.61. The standard InChI is InChI=1S/C8H9N3O2/c9-4-10-5-1-2-7-6(3-5)11-8(12)13-7/h1-3,10H,4,9H2,(H,11,12). The van der Waals surface area contributed by atoms with Gasteiger partial charge < -0.3 is 15.5 Å². The molecule has 13 heavy (non-hydrogen) atoms. The van der Waals surface area contributed by atoms with E-state index in [1.807, 2.05) is 0 Å². The molecule has 0 aliphatic carbocycles. The Bertz CT molecular complexity index is 471. The molecule has 0 spiro atoms. The van der Waals surface area contributed by atoms with E-state index in [1.165, 1.54) is 0 Å². The summed E-state index contributed by atoms with van der Waals surface area (Å²) in [6, 6.07) is 5.28. The Labute approximate surface area is 73.5 Å². The predicted molar refractivity (Wildman–Crippen MR) is 49.5 cm³/mol. The van der Waals surface area contributed by atoms with E-state index in [1.54, 1.807) is 18.2 Å². The lowest BCUT2D eigenvalue weighted by Crippen LogP contribution is -2.10. The Hall–Kier alpha value is -1.75. The maximum atomic E-state index is 10.8. The number of oxazole rings is 1. The highest BCUT2D eigenvalue weighted by molar-refractivity contribution is 5.76. The lowest BCUT2D eigenvalue weighted by molar-refractivity contribution is 0.555. The summed E-state index contributed by atoms with van der Waals surface area (Å²) in [6.45, 7) is 0.355. The number of H-pyrrole nitrogens is 1. The summed E-state index contributed by atoms with van der Waals surface area (Å²) in [5.41, 5.74) is 7.38. The molecule has 0 saturated heterocycles. The Balaban J connectivity index is 2.54. The van der Waals surface area contributed by atoms with Crippen molar-refractivity contribution >= 4 is 16.8 Å². The van der Waals surface area contributed by atoms with Gasteiger partial charge in [0.2, 0.25) is 0 Å². The second-order valence-corrected chi connectivity index (χ2v) is 2.61. The highest BCUT2D eigenvalue weighted by Crippen LogP contribution is 2.15. The summed E-state index contributed by atoms with van der Waals surface area (Å²) < 4.78 is 4.83. The first-order valence-electron chi connectivity index (χ1n) is 3.86. The summed E-state index contributed by atoms with van der Waals surface area (Å²) in [5.74, 6) is -0.445. The minimum absolute atomic E-state index is 0.355. The zero-order valence-electron chi connectivity index (χ0n) is 6.83. The van der Waals surface area contributed by atoms with Gasteiger partial charge in [0, 0.05) is 5.69 Å². The molecule has 2 aromatic rings. The summed E-state index contributed by atoms with van der Waals surface area (Å²) in [6.07, 6.45) is 0. The van der Waals surface area contributed by atoms with E-state index in [2.05, 4.69) is 10.3 Å². The van der Waals surface area contributed by atoms with Crippen molar-refractivity contribution in [1.29, 1.82) is 0 Å². The van der Waals surface area contributed by atoms with Crippen molar-refractivity contribution in [3.63, 3.8) is 0 Å². The molecule has 0 unspecified atom stereocenters. The van der Waals surface area contributed by atoms with Crippen LogP contribution in [0.2, 0.25) is 0 Å². The van der Waals surface area contributed by atoms with Crippen molar-refractivity contribution in [2.45, 2.75) is 0 Å². The number of aromatic nitrogens is 1. The van der Waals surface area contributed by atoms with Gasteiger partial charge in [0.1, 0.15) is 0 Å². The van der Waals surface area contributed by atoms with Gasteiger partial charge in [-0.2, -0.15) is 0 Å². The minimum atomic E-state index is -0.445. The van der Waals surface area contributed by atoms with Gasteiger partial charge in [-0.3, -0.25) is 4.98 Å². The van der Waals surface area contributed by atoms with Gasteiger partial charge in [-0.1, -0.05) is 0 Å². The summed E-state index contributed by atoms with van der Waals surface area (Å²) >= 11 is 0. The average Bonchev–Trinajstić information content (AvgIpc) is 2.44. The highest BCUT2D eigenvalue weighted by Gasteiger charge is 2.00. The third-order valence-corrected chi connectivity index (χ3v) is 1.73. The first-order chi connectivity index (χ1) is 6.29. The second kappa shape index (κ2) is 2.95. The van der Waals surface area contributed by atoms with Crippen LogP contribution in [0.5, 0.6) is 0 Å². The minimum Gasteiger partial charge on any atom is -0.408 e. The van der Waals surface area contributed by atoms with E-state index in [4.69, 9.17) is 10.2 Å². The van der Waals surface area contributed by atoms with Gasteiger partial charge >= 0.3 is 5.76 Å². The molecule has 2 rings (SSSR count). The Morgan fingerprint density at radius 1 is 1.54 bits per heavy atom. The maximum absolute atomic E-state index is 10.8. The zero-order valence-corrected chi connectivity index (χ0v) is 6.83. The fourth-order valence-electron chi connectivity index (χ4n) is 1.18. The summed E-state index contributed by atoms with van der Waals surface area (Å²) in [5, 5.41) is 2.92. The van der Waals surface area contributed by atoms with E-state index >= 15 is 0 Å². The monoisotopic (exact) mass is 179 g/mol. The van der Waals surface area contributed by atoms with Crippen molar-refractivity contribution < 1.29 is 4.42 Å². The van der Waals surface area contributed by atoms with Gasteiger partial charge in [-0.15, -0.1) is 0 Å². The normalized spacial score (nSPS) is 10.5. The smallest absolute Gasteiger partial charge is 0.408 e. The third-order valence-electron chi connectivity index (χ3n) is 1.73. The van der Waals surface area contributed by atoms with E-state index in [-0.39, 0.29) is 0 Å². The first kappa shape index (κ1) is 7.88. The van der Waals surface area contributed by atoms with Crippen LogP contribution in [0.1, 0.15) is 0 Å². The molecular weight excluding hydrogens is 170 g/mol. The van der Waals surface area contributed by atoms with E-state index in [0.717, 1.165) is 5.69 Å². The number of rotatable bonds is 2. The van der Waals surface area contributed by atoms with Crippen molar-refractivity contribution in [3.05, 3.63) is 28.7 Å². The largest absolute Gasteiger partial charge is 0.417 e. The van der Waals surface area contributed by atoms with Gasteiger partial charge in [0.05, 0.1) is 12.2 Å². The molecule has 0 radical (unpaired) electrons. The van der Waals surface area contributed by atoms with Crippen molar-refractivity contribution in [1.82, 2.24) is 4.98 Å². The van der Waals surface area contributed by atoms with Crippen LogP contribution >= 0.6 is 0 Å². The van der Waals surface area contributed by atoms with Crippen molar-refractivity contribution in [3.8, 4) is 0 Å². The predicted octanol–water partition coefficient (Wildman–Crippen LogP) is 0.449. The summed E-state index contributed by atoms with van der Waals surface area (Å²) in [7, 11) is 0. The topological polar surface area (TPSA) is 84.0 Å². The number of nitrogens with two attached hydrogens (primary N) is 1. The van der Waals surface area contributed by atoms with Crippen LogP contribution in [0, 0.1) is 0 Å². The maximum Gasteiger partial charge on any atom is 0.417 e. The molecular formula is C8H9N3O2. The van der Waals surface area contributed by atoms with Crippen LogP contribution in [0.4, 0.5) is 5.69 Å². The number of benzene rings is 1. The van der Waals surface area contributed by atoms with E-state index in [0.29, 0.717) is 17.8 Å². The van der Waals surface area contributed by atoms with Crippen LogP contribution in [-0.4, -0.2) is 11.7 Å². The number of nitrogens with one attached hydrogen (secondary N) is 2. The third kappa shape index (κ3) is 1.41. The van der Waals surface area contributed by atoms with Gasteiger partial charge in [-0.25, -0.2) is 4.79 Å². The summed E-state index contributed by atoms with van der Waals surface area (Å²) in [4.78, 5) is 13.3. The Kier molecular flexibility index (Phi) is 1.79. The number of fused-ring (bicyclic) bond motifs is 1. The lowest BCUT2D eigenvalue weighted by atomic mass is 10.3. The molecule has 4 N–H and O–H groups in total. The van der Waals surface area contributed by atoms with Crippen LogP contribution in [0.3, 0.4) is 0 Å². The first-order valence-corrected chi connectivity index (χ1v) is 3.86. The molecule has 0 bridgehead atoms. The number of aromatic amines is 1. The molecule has 0 aliphatic heterocycles. The van der Waals surface area contributed by atoms with Crippen molar-refractivity contribution in [2.75, 3.05) is 12.0 Å². The highest BCUT2D eigenvalue weighted by atomic mass is 16.4. The molecule has 0 aliphatic rings. The molecule has 1 aromatic carbocycles. The molecule has 0 fully saturated rings. The Morgan fingerprint density at radius 2 is 2.38 bits per heavy atom. The van der Waals surface area contributed by atoms with Gasteiger partial charge in [0.15, 0.2) is 5.58 Å². The van der Waals surface area contributed by atoms with E-state index in [9.17, 15) is 4.79 Å². The number of anilines is 1. The van der Waals surface area contributed by atoms with Crippen LogP contribution < -0.4 is 16.8 Å². The van der Waals surface area contributed by atoms with Gasteiger partial charge in [-0.05, 0) is 18.2 Å². The molecule has 5 nitrogen and oxygen atoms in total. The fraction of sp³-hybridized carbons (Fsp3) is 0.125. The average molecular weight is 179 g/mol. The molecule has 0 amide bonds. The molecule has 0 saturated carbocycles. The van der Waals surface area contributed by atoms with Gasteiger partial charge in [0.25, 0.3) is 0 Å². The number of hydrogen-bond donors (Lipinski definition) is 3. The zero-order chi connectivity index (χ0) is 9.26. The van der Waals surface area contributed by atoms with Crippen LogP contribution in [0.15, 0.2) is 27.4 Å². The number of hydrogen-bond acceptors (Lipinski definition) is 4. The van der Waals surface area contributed by atoms with Crippen LogP contribution in [0.25, 0.3) is 11.1 Å². The lowest BCUT2D eigenvalue weighted by Gasteiger charge is -2.00. The van der Waals surface area contributed by atoms with Crippen molar-refractivity contribution in [2.24, 2.45) is 5.73 Å². The molecule has 68 valence electrons. The van der Waals surface area contributed by atoms with E-state index < -0.39 is 5.76 Å². The quantitative estimate of drug-likeness (QED) is 0.584. The molecule has 1 aromatic heterocycles. The molecule has 0 atom stereocenters. The fourth-order valence-corrected chi connectivity index (χ4v) is 1.18. The SMILES string of the molecule is NCNc1ccc2oc(=O)[nH]c2c1. The Morgan fingerprint density at radius 3 is 3.15 bits per heavy atom.